The zero-order valence-electron chi connectivity index (χ0n) is 14.0. The van der Waals surface area contributed by atoms with Gasteiger partial charge in [0.2, 0.25) is 5.91 Å². The van der Waals surface area contributed by atoms with Crippen molar-refractivity contribution in [2.45, 2.75) is 50.0 Å². The lowest BCUT2D eigenvalue weighted by atomic mass is 9.79. The van der Waals surface area contributed by atoms with Crippen molar-refractivity contribution in [3.05, 3.63) is 36.5 Å². The van der Waals surface area contributed by atoms with Crippen LogP contribution in [0.4, 0.5) is 0 Å². The molecule has 1 N–H and O–H groups in total. The van der Waals surface area contributed by atoms with Crippen molar-refractivity contribution >= 4 is 16.8 Å². The van der Waals surface area contributed by atoms with Crippen LogP contribution in [0.2, 0.25) is 0 Å². The van der Waals surface area contributed by atoms with Crippen molar-refractivity contribution in [3.63, 3.8) is 0 Å². The summed E-state index contributed by atoms with van der Waals surface area (Å²) in [5, 5.41) is 11.2. The van der Waals surface area contributed by atoms with Gasteiger partial charge in [-0.15, -0.1) is 0 Å². The molecular formula is C19H24N2O3. The van der Waals surface area contributed by atoms with Crippen LogP contribution < -0.4 is 0 Å². The third-order valence-electron chi connectivity index (χ3n) is 5.87. The lowest BCUT2D eigenvalue weighted by Gasteiger charge is -2.42. The summed E-state index contributed by atoms with van der Waals surface area (Å²) >= 11 is 0. The monoisotopic (exact) mass is 328 g/mol. The third kappa shape index (κ3) is 2.43. The van der Waals surface area contributed by atoms with Crippen molar-refractivity contribution in [3.8, 4) is 0 Å². The number of fused-ring (bicyclic) bond motifs is 2. The highest BCUT2D eigenvalue weighted by atomic mass is 16.5. The maximum atomic E-state index is 12.9. The molecule has 1 saturated carbocycles. The van der Waals surface area contributed by atoms with Crippen LogP contribution in [0.1, 0.15) is 25.7 Å². The summed E-state index contributed by atoms with van der Waals surface area (Å²) in [5.41, 5.74) is 0.805. The first kappa shape index (κ1) is 15.7. The largest absolute Gasteiger partial charge is 0.393 e. The number of hydrogen-bond donors (Lipinski definition) is 1. The average Bonchev–Trinajstić information content (AvgIpc) is 3.17. The first-order valence-electron chi connectivity index (χ1n) is 8.69. The predicted octanol–water partition coefficient (Wildman–Crippen LogP) is 2.17. The molecule has 0 bridgehead atoms. The molecular weight excluding hydrogens is 304 g/mol. The molecule has 1 aromatic carbocycles. The van der Waals surface area contributed by atoms with Crippen LogP contribution in [0.5, 0.6) is 0 Å². The Hall–Kier alpha value is -1.85. The topological polar surface area (TPSA) is 54.7 Å². The van der Waals surface area contributed by atoms with E-state index in [0.29, 0.717) is 19.5 Å². The van der Waals surface area contributed by atoms with Gasteiger partial charge in [-0.3, -0.25) is 4.79 Å². The fourth-order valence-corrected chi connectivity index (χ4v) is 4.49. The molecule has 2 aromatic rings. The molecule has 2 fully saturated rings. The Kier molecular flexibility index (Phi) is 3.85. The molecule has 5 heteroatoms. The minimum Gasteiger partial charge on any atom is -0.393 e. The van der Waals surface area contributed by atoms with E-state index in [2.05, 4.69) is 6.07 Å². The molecule has 24 heavy (non-hydrogen) atoms. The smallest absolute Gasteiger partial charge is 0.242 e. The van der Waals surface area contributed by atoms with Crippen LogP contribution in [0.25, 0.3) is 10.9 Å². The molecule has 0 radical (unpaired) electrons. The number of hydrogen-bond acceptors (Lipinski definition) is 3. The van der Waals surface area contributed by atoms with Crippen LogP contribution in [0.15, 0.2) is 36.5 Å². The second-order valence-electron chi connectivity index (χ2n) is 7.05. The van der Waals surface area contributed by atoms with Crippen LogP contribution in [0.3, 0.4) is 0 Å². The summed E-state index contributed by atoms with van der Waals surface area (Å²) in [6.45, 7) is 1.04. The molecule has 3 atom stereocenters. The molecule has 1 aliphatic heterocycles. The molecule has 2 aliphatic rings. The molecule has 1 aromatic heterocycles. The Morgan fingerprint density at radius 2 is 2.17 bits per heavy atom. The number of para-hydroxylation sites is 1. The number of benzene rings is 1. The molecule has 5 nitrogen and oxygen atoms in total. The molecule has 1 amide bonds. The Morgan fingerprint density at radius 3 is 3.00 bits per heavy atom. The van der Waals surface area contributed by atoms with Gasteiger partial charge in [-0.2, -0.15) is 0 Å². The molecule has 1 saturated heterocycles. The fourth-order valence-electron chi connectivity index (χ4n) is 4.49. The van der Waals surface area contributed by atoms with Gasteiger partial charge in [0, 0.05) is 25.4 Å². The summed E-state index contributed by atoms with van der Waals surface area (Å²) in [6.07, 6.45) is 4.70. The average molecular weight is 328 g/mol. The second kappa shape index (κ2) is 5.90. The Morgan fingerprint density at radius 1 is 1.33 bits per heavy atom. The first-order valence-corrected chi connectivity index (χ1v) is 8.69. The van der Waals surface area contributed by atoms with Crippen molar-refractivity contribution in [2.75, 3.05) is 13.7 Å². The number of amides is 1. The van der Waals surface area contributed by atoms with Crippen LogP contribution in [0, 0.1) is 0 Å². The number of rotatable bonds is 3. The van der Waals surface area contributed by atoms with E-state index in [0.717, 1.165) is 30.2 Å². The maximum absolute atomic E-state index is 12.9. The van der Waals surface area contributed by atoms with Crippen LogP contribution in [-0.4, -0.2) is 51.9 Å². The van der Waals surface area contributed by atoms with Gasteiger partial charge in [0.25, 0.3) is 0 Å². The van der Waals surface area contributed by atoms with Gasteiger partial charge in [0.05, 0.1) is 17.7 Å². The van der Waals surface area contributed by atoms with Crippen molar-refractivity contribution in [1.29, 1.82) is 0 Å². The number of aliphatic hydroxyl groups excluding tert-OH is 1. The normalized spacial score (nSPS) is 29.8. The minimum absolute atomic E-state index is 0.0134. The number of aliphatic hydroxyl groups is 1. The lowest BCUT2D eigenvalue weighted by molar-refractivity contribution is -0.140. The van der Waals surface area contributed by atoms with Crippen molar-refractivity contribution in [1.82, 2.24) is 9.47 Å². The predicted molar refractivity (Wildman–Crippen MR) is 91.7 cm³/mol. The number of ether oxygens (including phenoxy) is 1. The van der Waals surface area contributed by atoms with E-state index in [1.165, 1.54) is 0 Å². The van der Waals surface area contributed by atoms with Gasteiger partial charge in [0.1, 0.15) is 6.54 Å². The summed E-state index contributed by atoms with van der Waals surface area (Å²) in [5.74, 6) is 0.106. The Labute approximate surface area is 141 Å². The van der Waals surface area contributed by atoms with Crippen LogP contribution >= 0.6 is 0 Å². The molecule has 1 aliphatic carbocycles. The summed E-state index contributed by atoms with van der Waals surface area (Å²) in [4.78, 5) is 14.9. The zero-order valence-corrected chi connectivity index (χ0v) is 14.0. The van der Waals surface area contributed by atoms with E-state index in [9.17, 15) is 9.90 Å². The zero-order chi connectivity index (χ0) is 16.7. The highest BCUT2D eigenvalue weighted by Crippen LogP contribution is 2.42. The van der Waals surface area contributed by atoms with Gasteiger partial charge in [-0.1, -0.05) is 18.2 Å². The van der Waals surface area contributed by atoms with E-state index >= 15 is 0 Å². The van der Waals surface area contributed by atoms with Gasteiger partial charge in [0.15, 0.2) is 0 Å². The Bertz CT molecular complexity index is 756. The Balaban J connectivity index is 1.56. The van der Waals surface area contributed by atoms with E-state index in [4.69, 9.17) is 4.74 Å². The number of nitrogens with zero attached hydrogens (tertiary/aromatic N) is 2. The summed E-state index contributed by atoms with van der Waals surface area (Å²) in [7, 11) is 1.73. The van der Waals surface area contributed by atoms with E-state index in [-0.39, 0.29) is 23.7 Å². The maximum Gasteiger partial charge on any atom is 0.242 e. The van der Waals surface area contributed by atoms with Crippen molar-refractivity contribution in [2.24, 2.45) is 0 Å². The number of aromatic nitrogens is 1. The van der Waals surface area contributed by atoms with E-state index < -0.39 is 0 Å². The molecule has 2 heterocycles. The van der Waals surface area contributed by atoms with Gasteiger partial charge in [-0.05, 0) is 43.2 Å². The number of carbonyl (C=O) groups excluding carboxylic acids is 1. The second-order valence-corrected chi connectivity index (χ2v) is 7.05. The highest BCUT2D eigenvalue weighted by molar-refractivity contribution is 5.83. The van der Waals surface area contributed by atoms with E-state index in [1.807, 2.05) is 39.9 Å². The third-order valence-corrected chi connectivity index (χ3v) is 5.87. The van der Waals surface area contributed by atoms with Crippen LogP contribution in [-0.2, 0) is 16.1 Å². The number of carbonyl (C=O) groups is 1. The fraction of sp³-hybridized carbons (Fsp3) is 0.526. The quantitative estimate of drug-likeness (QED) is 0.939. The SMILES string of the molecule is CO[C@@]12CC[C@H](O)C[C@@H]1N(C(=O)Cn1ccc3ccccc31)CC2. The summed E-state index contributed by atoms with van der Waals surface area (Å²) in [6, 6.07) is 10.1. The number of methoxy groups -OCH3 is 1. The highest BCUT2D eigenvalue weighted by Gasteiger charge is 2.52. The molecule has 0 unspecified atom stereocenters. The standard InChI is InChI=1S/C19H24N2O3/c1-24-19-8-6-15(22)12-17(19)21(11-9-19)18(23)13-20-10-7-14-4-2-3-5-16(14)20/h2-5,7,10,15,17,22H,6,8-9,11-13H2,1H3/t15-,17-,19+/m0/s1. The van der Waals surface area contributed by atoms with Crippen molar-refractivity contribution < 1.29 is 14.6 Å². The minimum atomic E-state index is -0.334. The lowest BCUT2D eigenvalue weighted by Crippen LogP contribution is -2.53. The van der Waals surface area contributed by atoms with Gasteiger partial charge < -0.3 is 19.3 Å². The first-order chi connectivity index (χ1) is 11.6. The van der Waals surface area contributed by atoms with Gasteiger partial charge in [-0.25, -0.2) is 0 Å². The molecule has 4 rings (SSSR count). The van der Waals surface area contributed by atoms with Gasteiger partial charge >= 0.3 is 0 Å². The number of likely N-dealkylation sites (tertiary alicyclic amines) is 1. The molecule has 0 spiro atoms. The summed E-state index contributed by atoms with van der Waals surface area (Å²) < 4.78 is 7.83. The molecule has 128 valence electrons. The van der Waals surface area contributed by atoms with E-state index in [1.54, 1.807) is 7.11 Å².